The fourth-order valence-electron chi connectivity index (χ4n) is 3.45. The van der Waals surface area contributed by atoms with E-state index in [1.807, 2.05) is 19.0 Å². The second-order valence-electron chi connectivity index (χ2n) is 7.31. The minimum atomic E-state index is -3.99. The van der Waals surface area contributed by atoms with Gasteiger partial charge in [0.15, 0.2) is 11.5 Å². The molecule has 154 valence electrons. The molecule has 0 bridgehead atoms. The number of methoxy groups -OCH3 is 2. The van der Waals surface area contributed by atoms with Crippen LogP contribution >= 0.6 is 0 Å². The van der Waals surface area contributed by atoms with Gasteiger partial charge < -0.3 is 14.4 Å². The van der Waals surface area contributed by atoms with Gasteiger partial charge in [-0.2, -0.15) is 4.31 Å². The van der Waals surface area contributed by atoms with Crippen molar-refractivity contribution in [1.82, 2.24) is 9.21 Å². The number of hydrogen-bond donors (Lipinski definition) is 0. The highest BCUT2D eigenvalue weighted by atomic mass is 32.2. The topological polar surface area (TPSA) is 59.1 Å². The Bertz CT molecular complexity index is 719. The number of sulfonamides is 1. The Kier molecular flexibility index (Phi) is 7.88. The van der Waals surface area contributed by atoms with Gasteiger partial charge in [-0.1, -0.05) is 19.3 Å². The van der Waals surface area contributed by atoms with Crippen LogP contribution < -0.4 is 9.47 Å². The van der Waals surface area contributed by atoms with Crippen LogP contribution in [0, 0.1) is 11.7 Å². The van der Waals surface area contributed by atoms with Crippen molar-refractivity contribution in [3.8, 4) is 11.5 Å². The van der Waals surface area contributed by atoms with Gasteiger partial charge in [0.25, 0.3) is 0 Å². The summed E-state index contributed by atoms with van der Waals surface area (Å²) in [5, 5.41) is 0. The van der Waals surface area contributed by atoms with Crippen LogP contribution in [-0.2, 0) is 10.0 Å². The molecule has 0 radical (unpaired) electrons. The first-order valence-electron chi connectivity index (χ1n) is 9.36. The molecule has 0 aliphatic heterocycles. The van der Waals surface area contributed by atoms with E-state index in [-0.39, 0.29) is 16.4 Å². The molecule has 1 aliphatic carbocycles. The van der Waals surface area contributed by atoms with Crippen molar-refractivity contribution < 1.29 is 22.3 Å². The van der Waals surface area contributed by atoms with E-state index in [1.54, 1.807) is 0 Å². The van der Waals surface area contributed by atoms with E-state index in [9.17, 15) is 12.8 Å². The first-order valence-corrected chi connectivity index (χ1v) is 10.8. The third kappa shape index (κ3) is 5.56. The molecular weight excluding hydrogens is 371 g/mol. The van der Waals surface area contributed by atoms with E-state index < -0.39 is 15.8 Å². The minimum absolute atomic E-state index is 0.168. The summed E-state index contributed by atoms with van der Waals surface area (Å²) in [5.41, 5.74) is 0. The molecule has 8 heteroatoms. The molecule has 0 spiro atoms. The third-order valence-electron chi connectivity index (χ3n) is 5.04. The van der Waals surface area contributed by atoms with Crippen molar-refractivity contribution in [3.63, 3.8) is 0 Å². The number of nitrogens with zero attached hydrogens (tertiary/aromatic N) is 2. The summed E-state index contributed by atoms with van der Waals surface area (Å²) in [7, 11) is 2.58. The predicted molar refractivity (Wildman–Crippen MR) is 103 cm³/mol. The van der Waals surface area contributed by atoms with Crippen LogP contribution in [0.5, 0.6) is 11.5 Å². The number of halogens is 1. The Morgan fingerprint density at radius 3 is 2.19 bits per heavy atom. The number of likely N-dealkylation sites (N-methyl/N-ethyl adjacent to an activating group) is 1. The summed E-state index contributed by atoms with van der Waals surface area (Å²) in [5.74, 6) is -0.145. The highest BCUT2D eigenvalue weighted by molar-refractivity contribution is 7.89. The molecule has 1 saturated carbocycles. The van der Waals surface area contributed by atoms with Gasteiger partial charge in [-0.3, -0.25) is 0 Å². The molecule has 2 rings (SSSR count). The molecule has 1 aliphatic rings. The lowest BCUT2D eigenvalue weighted by molar-refractivity contribution is 0.260. The van der Waals surface area contributed by atoms with Gasteiger partial charge in [0.1, 0.15) is 10.7 Å². The van der Waals surface area contributed by atoms with E-state index in [4.69, 9.17) is 9.47 Å². The Hall–Kier alpha value is -1.38. The Labute approximate surface area is 162 Å². The summed E-state index contributed by atoms with van der Waals surface area (Å²) < 4.78 is 52.9. The average molecular weight is 403 g/mol. The fourth-order valence-corrected chi connectivity index (χ4v) is 5.02. The minimum Gasteiger partial charge on any atom is -0.493 e. The van der Waals surface area contributed by atoms with Gasteiger partial charge in [0.05, 0.1) is 14.2 Å². The maximum atomic E-state index is 14.6. The van der Waals surface area contributed by atoms with Gasteiger partial charge in [-0.25, -0.2) is 12.8 Å². The van der Waals surface area contributed by atoms with E-state index >= 15 is 0 Å². The van der Waals surface area contributed by atoms with E-state index in [0.717, 1.165) is 31.7 Å². The molecule has 0 N–H and O–H groups in total. The molecule has 0 heterocycles. The molecule has 0 atom stereocenters. The molecule has 1 aromatic rings. The van der Waals surface area contributed by atoms with Crippen LogP contribution in [0.1, 0.15) is 32.1 Å². The number of ether oxygens (including phenoxy) is 2. The van der Waals surface area contributed by atoms with E-state index in [2.05, 4.69) is 0 Å². The highest BCUT2D eigenvalue weighted by Gasteiger charge is 2.31. The molecule has 0 saturated heterocycles. The van der Waals surface area contributed by atoms with Gasteiger partial charge >= 0.3 is 0 Å². The smallest absolute Gasteiger partial charge is 0.246 e. The zero-order chi connectivity index (χ0) is 20.0. The van der Waals surface area contributed by atoms with Crippen molar-refractivity contribution in [2.45, 2.75) is 37.0 Å². The highest BCUT2D eigenvalue weighted by Crippen LogP contribution is 2.34. The van der Waals surface area contributed by atoms with Crippen LogP contribution in [0.25, 0.3) is 0 Å². The normalized spacial score (nSPS) is 16.1. The quantitative estimate of drug-likeness (QED) is 0.636. The first-order chi connectivity index (χ1) is 12.8. The fraction of sp³-hybridized carbons (Fsp3) is 0.684. The van der Waals surface area contributed by atoms with Crippen molar-refractivity contribution in [1.29, 1.82) is 0 Å². The summed E-state index contributed by atoms with van der Waals surface area (Å²) in [6.07, 6.45) is 5.48. The molecule has 6 nitrogen and oxygen atoms in total. The second kappa shape index (κ2) is 9.71. The van der Waals surface area contributed by atoms with Crippen LogP contribution in [-0.4, -0.2) is 65.6 Å². The average Bonchev–Trinajstić information content (AvgIpc) is 2.65. The summed E-state index contributed by atoms with van der Waals surface area (Å²) in [6.45, 7) is 1.31. The van der Waals surface area contributed by atoms with Crippen LogP contribution in [0.4, 0.5) is 4.39 Å². The van der Waals surface area contributed by atoms with E-state index in [1.165, 1.54) is 31.0 Å². The molecule has 0 unspecified atom stereocenters. The van der Waals surface area contributed by atoms with E-state index in [0.29, 0.717) is 25.6 Å². The monoisotopic (exact) mass is 402 g/mol. The number of rotatable bonds is 9. The Morgan fingerprint density at radius 2 is 1.63 bits per heavy atom. The van der Waals surface area contributed by atoms with Crippen molar-refractivity contribution in [2.24, 2.45) is 5.92 Å². The maximum absolute atomic E-state index is 14.6. The standard InChI is InChI=1S/C19H31FN2O4S/c1-21(2)10-11-22(14-15-8-6-5-7-9-15)27(23,24)19-13-18(26-4)17(25-3)12-16(19)20/h12-13,15H,5-11,14H2,1-4H3. The molecule has 27 heavy (non-hydrogen) atoms. The first kappa shape index (κ1) is 21.9. The lowest BCUT2D eigenvalue weighted by Gasteiger charge is -2.30. The zero-order valence-electron chi connectivity index (χ0n) is 16.7. The van der Waals surface area contributed by atoms with Gasteiger partial charge in [-0.05, 0) is 32.9 Å². The molecule has 0 amide bonds. The summed E-state index contributed by atoms with van der Waals surface area (Å²) >= 11 is 0. The van der Waals surface area contributed by atoms with Crippen molar-refractivity contribution in [3.05, 3.63) is 17.9 Å². The Morgan fingerprint density at radius 1 is 1.04 bits per heavy atom. The van der Waals surface area contributed by atoms with Gasteiger partial charge in [-0.15, -0.1) is 0 Å². The second-order valence-corrected chi connectivity index (χ2v) is 9.21. The lowest BCUT2D eigenvalue weighted by Crippen LogP contribution is -2.40. The number of benzene rings is 1. The summed E-state index contributed by atoms with van der Waals surface area (Å²) in [4.78, 5) is 1.56. The Balaban J connectivity index is 2.36. The predicted octanol–water partition coefficient (Wildman–Crippen LogP) is 2.98. The SMILES string of the molecule is COc1cc(F)c(S(=O)(=O)N(CCN(C)C)CC2CCCCC2)cc1OC. The third-order valence-corrected chi connectivity index (χ3v) is 6.92. The zero-order valence-corrected chi connectivity index (χ0v) is 17.5. The summed E-state index contributed by atoms with van der Waals surface area (Å²) in [6, 6.07) is 2.28. The molecular formula is C19H31FN2O4S. The van der Waals surface area contributed by atoms with Crippen molar-refractivity contribution >= 4 is 10.0 Å². The lowest BCUT2D eigenvalue weighted by atomic mass is 9.89. The van der Waals surface area contributed by atoms with Crippen LogP contribution in [0.3, 0.4) is 0 Å². The molecule has 1 aromatic carbocycles. The molecule has 0 aromatic heterocycles. The maximum Gasteiger partial charge on any atom is 0.246 e. The van der Waals surface area contributed by atoms with Crippen LogP contribution in [0.15, 0.2) is 17.0 Å². The number of hydrogen-bond acceptors (Lipinski definition) is 5. The largest absolute Gasteiger partial charge is 0.493 e. The van der Waals surface area contributed by atoms with Crippen molar-refractivity contribution in [2.75, 3.05) is 47.9 Å². The van der Waals surface area contributed by atoms with Gasteiger partial charge in [0, 0.05) is 31.8 Å². The van der Waals surface area contributed by atoms with Gasteiger partial charge in [0.2, 0.25) is 10.0 Å². The van der Waals surface area contributed by atoms with Crippen LogP contribution in [0.2, 0.25) is 0 Å². The molecule has 1 fully saturated rings.